The Morgan fingerprint density at radius 2 is 1.45 bits per heavy atom. The molecule has 2 aliphatic rings. The molecular weight excluding hydrogens is 438 g/mol. The number of amides is 3. The van der Waals surface area contributed by atoms with Gasteiger partial charge in [-0.1, -0.05) is 48.0 Å². The second-order valence-corrected chi connectivity index (χ2v) is 8.80. The first-order chi connectivity index (χ1) is 16.0. The third-order valence-corrected chi connectivity index (χ3v) is 6.77. The Kier molecular flexibility index (Phi) is 5.77. The van der Waals surface area contributed by atoms with Crippen molar-refractivity contribution < 1.29 is 14.4 Å². The number of carbonyl (C=O) groups is 3. The number of halogens is 1. The number of hydrogen-bond acceptors (Lipinski definition) is 4. The van der Waals surface area contributed by atoms with Crippen molar-refractivity contribution in [2.24, 2.45) is 0 Å². The summed E-state index contributed by atoms with van der Waals surface area (Å²) in [4.78, 5) is 44.0. The fourth-order valence-corrected chi connectivity index (χ4v) is 4.99. The van der Waals surface area contributed by atoms with E-state index >= 15 is 0 Å². The molecule has 0 unspecified atom stereocenters. The maximum Gasteiger partial charge on any atom is 0.261 e. The van der Waals surface area contributed by atoms with Gasteiger partial charge in [0.2, 0.25) is 5.91 Å². The molecule has 6 nitrogen and oxygen atoms in total. The second-order valence-electron chi connectivity index (χ2n) is 8.39. The van der Waals surface area contributed by atoms with Gasteiger partial charge < -0.3 is 9.80 Å². The number of para-hydroxylation sites is 1. The number of nitrogens with zero attached hydrogens (tertiary/aromatic N) is 3. The maximum absolute atomic E-state index is 13.0. The molecule has 33 heavy (non-hydrogen) atoms. The molecule has 5 rings (SSSR count). The molecule has 2 aliphatic heterocycles. The molecule has 3 aromatic rings. The van der Waals surface area contributed by atoms with Crippen LogP contribution >= 0.6 is 11.6 Å². The van der Waals surface area contributed by atoms with Crippen LogP contribution in [0.15, 0.2) is 60.7 Å². The molecule has 2 heterocycles. The monoisotopic (exact) mass is 461 g/mol. The van der Waals surface area contributed by atoms with E-state index in [1.54, 1.807) is 12.1 Å². The van der Waals surface area contributed by atoms with Gasteiger partial charge in [-0.15, -0.1) is 0 Å². The largest absolute Gasteiger partial charge is 0.367 e. The summed E-state index contributed by atoms with van der Waals surface area (Å²) in [5, 5.41) is 2.32. The zero-order valence-corrected chi connectivity index (χ0v) is 18.9. The lowest BCUT2D eigenvalue weighted by Crippen LogP contribution is -2.49. The molecule has 3 aromatic carbocycles. The highest BCUT2D eigenvalue weighted by Gasteiger charge is 2.32. The Bertz CT molecular complexity index is 1200. The zero-order chi connectivity index (χ0) is 22.9. The highest BCUT2D eigenvalue weighted by atomic mass is 35.5. The second kappa shape index (κ2) is 8.87. The molecule has 0 spiro atoms. The third kappa shape index (κ3) is 3.95. The minimum absolute atomic E-state index is 0.0493. The molecule has 0 radical (unpaired) electrons. The van der Waals surface area contributed by atoms with E-state index in [-0.39, 0.29) is 24.3 Å². The van der Waals surface area contributed by atoms with Crippen molar-refractivity contribution in [3.8, 4) is 0 Å². The molecule has 0 N–H and O–H groups in total. The Morgan fingerprint density at radius 1 is 0.818 bits per heavy atom. The number of carbonyl (C=O) groups excluding carboxylic acids is 3. The Hall–Kier alpha value is -3.38. The molecule has 1 fully saturated rings. The molecule has 0 bridgehead atoms. The topological polar surface area (TPSA) is 60.9 Å². The van der Waals surface area contributed by atoms with Crippen molar-refractivity contribution in [2.75, 3.05) is 37.6 Å². The van der Waals surface area contributed by atoms with Gasteiger partial charge in [-0.3, -0.25) is 19.3 Å². The van der Waals surface area contributed by atoms with Crippen LogP contribution in [0.5, 0.6) is 0 Å². The summed E-state index contributed by atoms with van der Waals surface area (Å²) in [6.07, 6.45) is 0.744. The first kappa shape index (κ1) is 21.5. The summed E-state index contributed by atoms with van der Waals surface area (Å²) in [5.41, 5.74) is 2.08. The number of piperazine rings is 1. The van der Waals surface area contributed by atoms with Gasteiger partial charge in [0.05, 0.1) is 10.7 Å². The van der Waals surface area contributed by atoms with Crippen LogP contribution in [0, 0.1) is 0 Å². The summed E-state index contributed by atoms with van der Waals surface area (Å²) in [6.45, 7) is 2.93. The van der Waals surface area contributed by atoms with Gasteiger partial charge in [-0.2, -0.15) is 0 Å². The van der Waals surface area contributed by atoms with Crippen molar-refractivity contribution in [3.63, 3.8) is 0 Å². The van der Waals surface area contributed by atoms with E-state index in [2.05, 4.69) is 4.90 Å². The van der Waals surface area contributed by atoms with Crippen LogP contribution in [0.4, 0.5) is 5.69 Å². The summed E-state index contributed by atoms with van der Waals surface area (Å²) in [7, 11) is 0. The van der Waals surface area contributed by atoms with Crippen LogP contribution < -0.4 is 4.90 Å². The molecule has 0 aliphatic carbocycles. The van der Waals surface area contributed by atoms with Crippen molar-refractivity contribution in [1.82, 2.24) is 9.80 Å². The smallest absolute Gasteiger partial charge is 0.261 e. The lowest BCUT2D eigenvalue weighted by molar-refractivity contribution is -0.131. The lowest BCUT2D eigenvalue weighted by atomic mass is 9.94. The summed E-state index contributed by atoms with van der Waals surface area (Å²) in [6, 6.07) is 18.7. The van der Waals surface area contributed by atoms with Crippen molar-refractivity contribution >= 4 is 45.8 Å². The number of anilines is 1. The highest BCUT2D eigenvalue weighted by molar-refractivity contribution is 6.33. The van der Waals surface area contributed by atoms with Crippen LogP contribution in [-0.2, 0) is 4.79 Å². The van der Waals surface area contributed by atoms with E-state index in [0.717, 1.165) is 29.5 Å². The van der Waals surface area contributed by atoms with Crippen LogP contribution in [0.1, 0.15) is 33.6 Å². The van der Waals surface area contributed by atoms with Crippen LogP contribution in [0.25, 0.3) is 10.8 Å². The molecule has 0 saturated carbocycles. The van der Waals surface area contributed by atoms with Gasteiger partial charge in [0.25, 0.3) is 11.8 Å². The fourth-order valence-electron chi connectivity index (χ4n) is 4.73. The van der Waals surface area contributed by atoms with Gasteiger partial charge in [0, 0.05) is 55.7 Å². The van der Waals surface area contributed by atoms with Gasteiger partial charge in [0.1, 0.15) is 0 Å². The van der Waals surface area contributed by atoms with E-state index in [0.29, 0.717) is 42.1 Å². The van der Waals surface area contributed by atoms with E-state index in [1.807, 2.05) is 53.4 Å². The highest BCUT2D eigenvalue weighted by Crippen LogP contribution is 2.30. The molecule has 3 amide bonds. The van der Waals surface area contributed by atoms with Gasteiger partial charge in [0.15, 0.2) is 0 Å². The number of imide groups is 1. The predicted molar refractivity (Wildman–Crippen MR) is 129 cm³/mol. The average molecular weight is 462 g/mol. The molecule has 0 atom stereocenters. The number of benzene rings is 3. The molecule has 168 valence electrons. The van der Waals surface area contributed by atoms with E-state index in [9.17, 15) is 14.4 Å². The number of rotatable bonds is 5. The Morgan fingerprint density at radius 3 is 2.09 bits per heavy atom. The van der Waals surface area contributed by atoms with Crippen molar-refractivity contribution in [1.29, 1.82) is 0 Å². The SMILES string of the molecule is O=C(CCCN1C(=O)c2cccc3cccc(c23)C1=O)N1CCN(c2ccccc2Cl)CC1. The maximum atomic E-state index is 13.0. The normalized spacial score (nSPS) is 16.0. The van der Waals surface area contributed by atoms with E-state index < -0.39 is 0 Å². The van der Waals surface area contributed by atoms with Crippen LogP contribution in [-0.4, -0.2) is 60.2 Å². The number of hydrogen-bond donors (Lipinski definition) is 0. The standard InChI is InChI=1S/C26H24ClN3O3/c27-21-10-1-2-11-22(21)28-14-16-29(17-15-28)23(31)12-5-13-30-25(32)19-8-3-6-18-7-4-9-20(24(18)19)26(30)33/h1-4,6-11H,5,12-17H2. The molecular formula is C26H24ClN3O3. The van der Waals surface area contributed by atoms with Crippen LogP contribution in [0.3, 0.4) is 0 Å². The van der Waals surface area contributed by atoms with E-state index in [1.165, 1.54) is 4.90 Å². The first-order valence-electron chi connectivity index (χ1n) is 11.2. The van der Waals surface area contributed by atoms with Crippen molar-refractivity contribution in [3.05, 3.63) is 76.8 Å². The summed E-state index contributed by atoms with van der Waals surface area (Å²) in [5.74, 6) is -0.525. The Labute approximate surface area is 197 Å². The van der Waals surface area contributed by atoms with Crippen LogP contribution in [0.2, 0.25) is 5.02 Å². The van der Waals surface area contributed by atoms with Gasteiger partial charge in [-0.05, 0) is 36.1 Å². The van der Waals surface area contributed by atoms with Gasteiger partial charge in [-0.25, -0.2) is 0 Å². The minimum atomic E-state index is -0.287. The zero-order valence-electron chi connectivity index (χ0n) is 18.2. The quantitative estimate of drug-likeness (QED) is 0.534. The summed E-state index contributed by atoms with van der Waals surface area (Å²) >= 11 is 6.30. The average Bonchev–Trinajstić information content (AvgIpc) is 2.85. The molecule has 0 aromatic heterocycles. The molecule has 7 heteroatoms. The summed E-state index contributed by atoms with van der Waals surface area (Å²) < 4.78 is 0. The predicted octanol–water partition coefficient (Wildman–Crippen LogP) is 4.22. The first-order valence-corrected chi connectivity index (χ1v) is 11.6. The van der Waals surface area contributed by atoms with Gasteiger partial charge >= 0.3 is 0 Å². The Balaban J connectivity index is 1.18. The van der Waals surface area contributed by atoms with E-state index in [4.69, 9.17) is 11.6 Å². The van der Waals surface area contributed by atoms with Crippen molar-refractivity contribution in [2.45, 2.75) is 12.8 Å². The molecule has 1 saturated heterocycles. The minimum Gasteiger partial charge on any atom is -0.367 e. The lowest BCUT2D eigenvalue weighted by Gasteiger charge is -2.36. The third-order valence-electron chi connectivity index (χ3n) is 6.45. The fraction of sp³-hybridized carbons (Fsp3) is 0.269.